The molecule has 108 valence electrons. The van der Waals surface area contributed by atoms with E-state index >= 15 is 0 Å². The molecule has 0 fully saturated rings. The van der Waals surface area contributed by atoms with E-state index in [9.17, 15) is 13.2 Å². The summed E-state index contributed by atoms with van der Waals surface area (Å²) in [6, 6.07) is 7.32. The molecule has 0 radical (unpaired) electrons. The molecule has 0 aromatic heterocycles. The quantitative estimate of drug-likeness (QED) is 0.613. The van der Waals surface area contributed by atoms with Gasteiger partial charge in [0.25, 0.3) is 0 Å². The van der Waals surface area contributed by atoms with Crippen LogP contribution in [-0.2, 0) is 4.74 Å². The van der Waals surface area contributed by atoms with Crippen LogP contribution in [0, 0.1) is 0 Å². The average molecular weight is 277 g/mol. The lowest BCUT2D eigenvalue weighted by Crippen LogP contribution is -2.20. The predicted octanol–water partition coefficient (Wildman–Crippen LogP) is 3.27. The summed E-state index contributed by atoms with van der Waals surface area (Å²) in [6.45, 7) is 0.285. The van der Waals surface area contributed by atoms with Gasteiger partial charge >= 0.3 is 6.18 Å². The first kappa shape index (κ1) is 15.8. The maximum atomic E-state index is 11.9. The van der Waals surface area contributed by atoms with E-state index in [4.69, 9.17) is 4.74 Å². The topological polar surface area (TPSA) is 30.5 Å². The van der Waals surface area contributed by atoms with E-state index in [0.29, 0.717) is 5.75 Å². The van der Waals surface area contributed by atoms with Crippen LogP contribution in [0.3, 0.4) is 0 Å². The zero-order valence-corrected chi connectivity index (χ0v) is 11.0. The van der Waals surface area contributed by atoms with Gasteiger partial charge in [0.15, 0.2) is 6.79 Å². The summed E-state index contributed by atoms with van der Waals surface area (Å²) in [5.74, 6) is 0.533. The minimum absolute atomic E-state index is 0.0961. The molecule has 0 saturated carbocycles. The van der Waals surface area contributed by atoms with E-state index in [0.717, 1.165) is 12.0 Å². The van der Waals surface area contributed by atoms with E-state index in [-0.39, 0.29) is 6.04 Å². The molecule has 1 aromatic rings. The zero-order chi connectivity index (χ0) is 14.3. The van der Waals surface area contributed by atoms with Gasteiger partial charge in [0.1, 0.15) is 12.4 Å². The van der Waals surface area contributed by atoms with E-state index in [1.807, 2.05) is 26.1 Å². The number of hydrogen-bond acceptors (Lipinski definition) is 3. The van der Waals surface area contributed by atoms with Crippen LogP contribution in [0.2, 0.25) is 0 Å². The van der Waals surface area contributed by atoms with Crippen LogP contribution in [0.5, 0.6) is 5.75 Å². The Morgan fingerprint density at radius 1 is 1.26 bits per heavy atom. The molecule has 3 nitrogen and oxygen atoms in total. The highest BCUT2D eigenvalue weighted by atomic mass is 19.4. The summed E-state index contributed by atoms with van der Waals surface area (Å²) < 4.78 is 45.4. The second-order valence-corrected chi connectivity index (χ2v) is 4.01. The highest BCUT2D eigenvalue weighted by Gasteiger charge is 2.27. The van der Waals surface area contributed by atoms with Gasteiger partial charge in [-0.3, -0.25) is 0 Å². The Kier molecular flexibility index (Phi) is 6.11. The van der Waals surface area contributed by atoms with Crippen molar-refractivity contribution in [2.45, 2.75) is 25.6 Å². The van der Waals surface area contributed by atoms with Crippen molar-refractivity contribution in [3.05, 3.63) is 29.8 Å². The third kappa shape index (κ3) is 5.48. The summed E-state index contributed by atoms with van der Waals surface area (Å²) in [6.07, 6.45) is -3.49. The number of nitrogens with one attached hydrogen (secondary N) is 1. The normalized spacial score (nSPS) is 13.3. The summed E-state index contributed by atoms with van der Waals surface area (Å²) in [5.41, 5.74) is 0.906. The molecular weight excluding hydrogens is 259 g/mol. The van der Waals surface area contributed by atoms with E-state index in [2.05, 4.69) is 10.1 Å². The molecule has 1 N–H and O–H groups in total. The molecule has 1 unspecified atom stereocenters. The smallest absolute Gasteiger partial charge is 0.411 e. The number of alkyl halides is 3. The van der Waals surface area contributed by atoms with Crippen LogP contribution in [-0.4, -0.2) is 26.6 Å². The Hall–Kier alpha value is -1.27. The maximum Gasteiger partial charge on any atom is 0.411 e. The van der Waals surface area contributed by atoms with Crippen molar-refractivity contribution in [1.29, 1.82) is 0 Å². The zero-order valence-electron chi connectivity index (χ0n) is 11.0. The molecule has 0 aliphatic carbocycles. The van der Waals surface area contributed by atoms with Crippen molar-refractivity contribution in [1.82, 2.24) is 5.32 Å². The Balaban J connectivity index is 2.58. The number of ether oxygens (including phenoxy) is 2. The molecule has 1 aromatic carbocycles. The summed E-state index contributed by atoms with van der Waals surface area (Å²) >= 11 is 0. The monoisotopic (exact) mass is 277 g/mol. The first-order valence-corrected chi connectivity index (χ1v) is 6.01. The van der Waals surface area contributed by atoms with Crippen LogP contribution < -0.4 is 10.1 Å². The summed E-state index contributed by atoms with van der Waals surface area (Å²) in [4.78, 5) is 0. The van der Waals surface area contributed by atoms with Crippen molar-refractivity contribution in [3.63, 3.8) is 0 Å². The lowest BCUT2D eigenvalue weighted by Gasteiger charge is -2.18. The third-order valence-electron chi connectivity index (χ3n) is 2.61. The van der Waals surface area contributed by atoms with Crippen molar-refractivity contribution < 1.29 is 22.6 Å². The first-order valence-electron chi connectivity index (χ1n) is 6.01. The third-order valence-corrected chi connectivity index (χ3v) is 2.61. The van der Waals surface area contributed by atoms with Crippen LogP contribution in [0.4, 0.5) is 13.2 Å². The van der Waals surface area contributed by atoms with Gasteiger partial charge in [-0.2, -0.15) is 13.2 Å². The minimum atomic E-state index is -4.33. The fourth-order valence-electron chi connectivity index (χ4n) is 1.74. The molecule has 6 heteroatoms. The van der Waals surface area contributed by atoms with Crippen LogP contribution in [0.1, 0.15) is 24.9 Å². The van der Waals surface area contributed by atoms with Crippen LogP contribution in [0.15, 0.2) is 24.3 Å². The number of halogens is 3. The van der Waals surface area contributed by atoms with Gasteiger partial charge in [-0.1, -0.05) is 25.1 Å². The summed E-state index contributed by atoms with van der Waals surface area (Å²) in [7, 11) is 1.82. The molecule has 0 aliphatic heterocycles. The molecule has 0 aliphatic rings. The number of rotatable bonds is 7. The number of hydrogen-bond donors (Lipinski definition) is 1. The highest BCUT2D eigenvalue weighted by molar-refractivity contribution is 5.35. The molecule has 0 spiro atoms. The standard InChI is InChI=1S/C13H18F3NO2/c1-3-11(17-2)10-6-4-5-7-12(10)19-9-18-8-13(14,15)16/h4-7,11,17H,3,8-9H2,1-2H3. The van der Waals surface area contributed by atoms with E-state index in [1.165, 1.54) is 0 Å². The fourth-order valence-corrected chi connectivity index (χ4v) is 1.74. The van der Waals surface area contributed by atoms with Crippen molar-refractivity contribution in [3.8, 4) is 5.75 Å². The molecule has 19 heavy (non-hydrogen) atoms. The predicted molar refractivity (Wildman–Crippen MR) is 66.0 cm³/mol. The number of para-hydroxylation sites is 1. The van der Waals surface area contributed by atoms with Gasteiger partial charge in [0.05, 0.1) is 0 Å². The van der Waals surface area contributed by atoms with Gasteiger partial charge in [0.2, 0.25) is 0 Å². The van der Waals surface area contributed by atoms with Gasteiger partial charge in [-0.05, 0) is 19.5 Å². The number of benzene rings is 1. The second kappa shape index (κ2) is 7.35. The lowest BCUT2D eigenvalue weighted by molar-refractivity contribution is -0.186. The molecule has 0 heterocycles. The molecule has 0 amide bonds. The SMILES string of the molecule is CCC(NC)c1ccccc1OCOCC(F)(F)F. The van der Waals surface area contributed by atoms with E-state index < -0.39 is 19.6 Å². The van der Waals surface area contributed by atoms with Crippen LogP contribution >= 0.6 is 0 Å². The summed E-state index contributed by atoms with van der Waals surface area (Å²) in [5, 5.41) is 3.12. The van der Waals surface area contributed by atoms with Crippen molar-refractivity contribution in [2.24, 2.45) is 0 Å². The maximum absolute atomic E-state index is 11.9. The van der Waals surface area contributed by atoms with Gasteiger partial charge in [0, 0.05) is 11.6 Å². The average Bonchev–Trinajstić information content (AvgIpc) is 2.36. The Labute approximate surface area is 110 Å². The molecule has 1 atom stereocenters. The Bertz CT molecular complexity index is 378. The second-order valence-electron chi connectivity index (χ2n) is 4.01. The van der Waals surface area contributed by atoms with Crippen molar-refractivity contribution in [2.75, 3.05) is 20.4 Å². The van der Waals surface area contributed by atoms with Gasteiger partial charge in [-0.25, -0.2) is 0 Å². The molecule has 0 saturated heterocycles. The minimum Gasteiger partial charge on any atom is -0.467 e. The highest BCUT2D eigenvalue weighted by Crippen LogP contribution is 2.26. The largest absolute Gasteiger partial charge is 0.467 e. The molecular formula is C13H18F3NO2. The lowest BCUT2D eigenvalue weighted by atomic mass is 10.0. The van der Waals surface area contributed by atoms with Gasteiger partial charge in [-0.15, -0.1) is 0 Å². The first-order chi connectivity index (χ1) is 8.98. The van der Waals surface area contributed by atoms with E-state index in [1.54, 1.807) is 12.1 Å². The van der Waals surface area contributed by atoms with Gasteiger partial charge < -0.3 is 14.8 Å². The van der Waals surface area contributed by atoms with Crippen molar-refractivity contribution >= 4 is 0 Å². The fraction of sp³-hybridized carbons (Fsp3) is 0.538. The van der Waals surface area contributed by atoms with Crippen LogP contribution in [0.25, 0.3) is 0 Å². The Morgan fingerprint density at radius 2 is 1.95 bits per heavy atom. The Morgan fingerprint density at radius 3 is 2.53 bits per heavy atom. The molecule has 1 rings (SSSR count). The molecule has 0 bridgehead atoms.